The first kappa shape index (κ1) is 12.9. The average Bonchev–Trinajstić information content (AvgIpc) is 2.90. The van der Waals surface area contributed by atoms with Gasteiger partial charge in [-0.05, 0) is 49.1 Å². The van der Waals surface area contributed by atoms with Crippen LogP contribution in [0.2, 0.25) is 0 Å². The summed E-state index contributed by atoms with van der Waals surface area (Å²) in [5.41, 5.74) is 4.94. The Morgan fingerprint density at radius 3 is 2.55 bits per heavy atom. The molecule has 0 aliphatic heterocycles. The molecule has 3 rings (SSSR count). The van der Waals surface area contributed by atoms with Crippen molar-refractivity contribution in [3.05, 3.63) is 59.8 Å². The molecule has 3 aromatic rings. The fraction of sp³-hybridized carbons (Fsp3) is 0.278. The standard InChI is InChI=1S/C18H20N2/c1-4-14(3)15-7-10-18-16(11-15)12-19-20(18)17-8-5-13(2)6-9-17/h5-12,14H,4H2,1-3H3. The van der Waals surface area contributed by atoms with Crippen LogP contribution in [0, 0.1) is 6.92 Å². The first-order valence-corrected chi connectivity index (χ1v) is 7.23. The van der Waals surface area contributed by atoms with Gasteiger partial charge in [-0.25, -0.2) is 4.68 Å². The Morgan fingerprint density at radius 1 is 1.10 bits per heavy atom. The number of benzene rings is 2. The van der Waals surface area contributed by atoms with Gasteiger partial charge >= 0.3 is 0 Å². The summed E-state index contributed by atoms with van der Waals surface area (Å²) < 4.78 is 2.01. The second-order valence-corrected chi connectivity index (χ2v) is 5.52. The molecule has 1 unspecified atom stereocenters. The number of hydrogen-bond donors (Lipinski definition) is 0. The molecule has 0 aliphatic rings. The number of fused-ring (bicyclic) bond motifs is 1. The lowest BCUT2D eigenvalue weighted by Crippen LogP contribution is -1.96. The van der Waals surface area contributed by atoms with Gasteiger partial charge < -0.3 is 0 Å². The molecular formula is C18H20N2. The van der Waals surface area contributed by atoms with Crippen LogP contribution in [0.5, 0.6) is 0 Å². The van der Waals surface area contributed by atoms with Crippen molar-refractivity contribution < 1.29 is 0 Å². The maximum Gasteiger partial charge on any atom is 0.0741 e. The summed E-state index contributed by atoms with van der Waals surface area (Å²) in [6.45, 7) is 6.60. The monoisotopic (exact) mass is 264 g/mol. The van der Waals surface area contributed by atoms with Crippen molar-refractivity contribution in [3.8, 4) is 5.69 Å². The Morgan fingerprint density at radius 2 is 1.85 bits per heavy atom. The third kappa shape index (κ3) is 2.22. The molecule has 1 atom stereocenters. The molecule has 0 aliphatic carbocycles. The maximum atomic E-state index is 4.54. The summed E-state index contributed by atoms with van der Waals surface area (Å²) in [6.07, 6.45) is 3.12. The zero-order valence-electron chi connectivity index (χ0n) is 12.3. The van der Waals surface area contributed by atoms with Crippen LogP contribution in [-0.4, -0.2) is 9.78 Å². The molecule has 1 heterocycles. The summed E-state index contributed by atoms with van der Waals surface area (Å²) in [7, 11) is 0. The minimum Gasteiger partial charge on any atom is -0.233 e. The van der Waals surface area contributed by atoms with E-state index in [1.54, 1.807) is 0 Å². The lowest BCUT2D eigenvalue weighted by molar-refractivity contribution is 0.734. The van der Waals surface area contributed by atoms with Crippen molar-refractivity contribution in [2.75, 3.05) is 0 Å². The number of nitrogens with zero attached hydrogens (tertiary/aromatic N) is 2. The first-order valence-electron chi connectivity index (χ1n) is 7.23. The van der Waals surface area contributed by atoms with Crippen LogP contribution in [0.1, 0.15) is 37.3 Å². The van der Waals surface area contributed by atoms with Crippen LogP contribution in [-0.2, 0) is 0 Å². The van der Waals surface area contributed by atoms with Gasteiger partial charge in [0.25, 0.3) is 0 Å². The average molecular weight is 264 g/mol. The molecular weight excluding hydrogens is 244 g/mol. The van der Waals surface area contributed by atoms with Crippen molar-refractivity contribution in [1.29, 1.82) is 0 Å². The van der Waals surface area contributed by atoms with Gasteiger partial charge in [0.05, 0.1) is 17.4 Å². The smallest absolute Gasteiger partial charge is 0.0741 e. The molecule has 2 nitrogen and oxygen atoms in total. The lowest BCUT2D eigenvalue weighted by Gasteiger charge is -2.09. The lowest BCUT2D eigenvalue weighted by atomic mass is 9.98. The van der Waals surface area contributed by atoms with Crippen molar-refractivity contribution in [1.82, 2.24) is 9.78 Å². The van der Waals surface area contributed by atoms with E-state index in [-0.39, 0.29) is 0 Å². The van der Waals surface area contributed by atoms with Crippen LogP contribution < -0.4 is 0 Å². The summed E-state index contributed by atoms with van der Waals surface area (Å²) in [4.78, 5) is 0. The predicted octanol–water partition coefficient (Wildman–Crippen LogP) is 4.85. The van der Waals surface area contributed by atoms with E-state index >= 15 is 0 Å². The Bertz CT molecular complexity index is 723. The first-order chi connectivity index (χ1) is 9.69. The van der Waals surface area contributed by atoms with Crippen LogP contribution >= 0.6 is 0 Å². The topological polar surface area (TPSA) is 17.8 Å². The second-order valence-electron chi connectivity index (χ2n) is 5.52. The molecule has 0 radical (unpaired) electrons. The Labute approximate surface area is 120 Å². The highest BCUT2D eigenvalue weighted by molar-refractivity contribution is 5.81. The van der Waals surface area contributed by atoms with Gasteiger partial charge in [-0.1, -0.05) is 37.6 Å². The van der Waals surface area contributed by atoms with E-state index < -0.39 is 0 Å². The van der Waals surface area contributed by atoms with E-state index in [1.807, 2.05) is 10.9 Å². The van der Waals surface area contributed by atoms with Gasteiger partial charge in [-0.15, -0.1) is 0 Å². The number of aromatic nitrogens is 2. The molecule has 0 bridgehead atoms. The maximum absolute atomic E-state index is 4.54. The fourth-order valence-electron chi connectivity index (χ4n) is 2.49. The highest BCUT2D eigenvalue weighted by Crippen LogP contribution is 2.25. The van der Waals surface area contributed by atoms with Crippen LogP contribution in [0.25, 0.3) is 16.6 Å². The molecule has 2 heteroatoms. The largest absolute Gasteiger partial charge is 0.233 e. The van der Waals surface area contributed by atoms with Gasteiger partial charge in [0.1, 0.15) is 0 Å². The van der Waals surface area contributed by atoms with E-state index in [0.717, 1.165) is 12.1 Å². The molecule has 0 amide bonds. The number of aryl methyl sites for hydroxylation is 1. The molecule has 1 aromatic heterocycles. The second kappa shape index (κ2) is 5.12. The molecule has 0 saturated carbocycles. The van der Waals surface area contributed by atoms with Crippen molar-refractivity contribution >= 4 is 10.9 Å². The zero-order valence-corrected chi connectivity index (χ0v) is 12.3. The Balaban J connectivity index is 2.08. The molecule has 20 heavy (non-hydrogen) atoms. The van der Waals surface area contributed by atoms with E-state index in [4.69, 9.17) is 0 Å². The van der Waals surface area contributed by atoms with Gasteiger partial charge in [-0.3, -0.25) is 0 Å². The summed E-state index contributed by atoms with van der Waals surface area (Å²) in [5.74, 6) is 0.599. The number of hydrogen-bond acceptors (Lipinski definition) is 1. The van der Waals surface area contributed by atoms with Gasteiger partial charge in [0.15, 0.2) is 0 Å². The van der Waals surface area contributed by atoms with Crippen molar-refractivity contribution in [3.63, 3.8) is 0 Å². The van der Waals surface area contributed by atoms with E-state index in [2.05, 4.69) is 68.3 Å². The highest BCUT2D eigenvalue weighted by Gasteiger charge is 2.08. The quantitative estimate of drug-likeness (QED) is 0.661. The normalized spacial score (nSPS) is 12.8. The predicted molar refractivity (Wildman–Crippen MR) is 84.5 cm³/mol. The van der Waals surface area contributed by atoms with Crippen molar-refractivity contribution in [2.24, 2.45) is 0 Å². The van der Waals surface area contributed by atoms with Crippen molar-refractivity contribution in [2.45, 2.75) is 33.1 Å². The van der Waals surface area contributed by atoms with Crippen LogP contribution in [0.4, 0.5) is 0 Å². The summed E-state index contributed by atoms with van der Waals surface area (Å²) in [6, 6.07) is 15.1. The molecule has 0 saturated heterocycles. The van der Waals surface area contributed by atoms with E-state index in [9.17, 15) is 0 Å². The molecule has 0 fully saturated rings. The van der Waals surface area contributed by atoms with Crippen LogP contribution in [0.3, 0.4) is 0 Å². The zero-order chi connectivity index (χ0) is 14.1. The third-order valence-corrected chi connectivity index (χ3v) is 4.05. The summed E-state index contributed by atoms with van der Waals surface area (Å²) >= 11 is 0. The Hall–Kier alpha value is -2.09. The third-order valence-electron chi connectivity index (χ3n) is 4.05. The number of rotatable bonds is 3. The fourth-order valence-corrected chi connectivity index (χ4v) is 2.49. The van der Waals surface area contributed by atoms with Crippen LogP contribution in [0.15, 0.2) is 48.7 Å². The molecule has 0 spiro atoms. The minimum absolute atomic E-state index is 0.599. The highest BCUT2D eigenvalue weighted by atomic mass is 15.3. The van der Waals surface area contributed by atoms with Gasteiger partial charge in [-0.2, -0.15) is 5.10 Å². The molecule has 0 N–H and O–H groups in total. The molecule has 102 valence electrons. The Kier molecular flexibility index (Phi) is 3.31. The molecule has 2 aromatic carbocycles. The summed E-state index contributed by atoms with van der Waals surface area (Å²) in [5, 5.41) is 5.75. The minimum atomic E-state index is 0.599. The SMILES string of the molecule is CCC(C)c1ccc2c(cnn2-c2ccc(C)cc2)c1. The van der Waals surface area contributed by atoms with Gasteiger partial charge in [0, 0.05) is 5.39 Å². The van der Waals surface area contributed by atoms with E-state index in [0.29, 0.717) is 5.92 Å². The van der Waals surface area contributed by atoms with Gasteiger partial charge in [0.2, 0.25) is 0 Å². The van der Waals surface area contributed by atoms with E-state index in [1.165, 1.54) is 22.0 Å².